The van der Waals surface area contributed by atoms with Gasteiger partial charge in [-0.3, -0.25) is 19.3 Å². The van der Waals surface area contributed by atoms with Crippen molar-refractivity contribution >= 4 is 23.8 Å². The second-order valence-electron chi connectivity index (χ2n) is 9.34. The smallest absolute Gasteiger partial charge is 0.330 e. The number of cyclic esters (lactones) is 1. The second kappa shape index (κ2) is 12.6. The van der Waals surface area contributed by atoms with Crippen LogP contribution in [0.25, 0.3) is 0 Å². The topological polar surface area (TPSA) is 110 Å². The lowest BCUT2D eigenvalue weighted by Gasteiger charge is -2.19. The Morgan fingerprint density at radius 3 is 2.62 bits per heavy atom. The molecule has 1 N–H and O–H groups in total. The maximum absolute atomic E-state index is 12.4. The molecule has 3 rings (SSSR count). The van der Waals surface area contributed by atoms with Crippen molar-refractivity contribution in [2.45, 2.75) is 83.0 Å². The Morgan fingerprint density at radius 2 is 1.85 bits per heavy atom. The number of imide groups is 1. The third-order valence-electron chi connectivity index (χ3n) is 6.63. The minimum Gasteiger partial charge on any atom is -0.462 e. The van der Waals surface area contributed by atoms with Crippen molar-refractivity contribution in [3.63, 3.8) is 0 Å². The van der Waals surface area contributed by atoms with Crippen LogP contribution in [0.2, 0.25) is 0 Å². The molecule has 0 bridgehead atoms. The van der Waals surface area contributed by atoms with Gasteiger partial charge in [-0.15, -0.1) is 0 Å². The van der Waals surface area contributed by atoms with Crippen LogP contribution in [0.4, 0.5) is 0 Å². The van der Waals surface area contributed by atoms with Crippen molar-refractivity contribution in [1.82, 2.24) is 4.90 Å². The van der Waals surface area contributed by atoms with Gasteiger partial charge in [-0.2, -0.15) is 0 Å². The molecule has 2 aliphatic heterocycles. The highest BCUT2D eigenvalue weighted by Gasteiger charge is 2.38. The Kier molecular flexibility index (Phi) is 9.62. The van der Waals surface area contributed by atoms with E-state index in [0.717, 1.165) is 19.3 Å². The molecule has 8 nitrogen and oxygen atoms in total. The molecule has 8 heteroatoms. The van der Waals surface area contributed by atoms with Gasteiger partial charge < -0.3 is 14.6 Å². The zero-order valence-corrected chi connectivity index (χ0v) is 19.8. The Labute approximate surface area is 200 Å². The van der Waals surface area contributed by atoms with Gasteiger partial charge in [-0.25, -0.2) is 4.79 Å². The number of aliphatic hydroxyl groups excluding tert-OH is 1. The van der Waals surface area contributed by atoms with Gasteiger partial charge in [0.05, 0.1) is 12.2 Å². The standard InChI is InChI=1S/C26H35NO7/c1-18-8-4-2-5-9-19-16-20(17-21(19)22(28)11-14-26(32)33-18)34-25(31)10-6-3-7-15-27-23(29)12-13-24(27)30/h5,9,11-14,18-22,28H,2-4,6-8,10,15-17H2,1H3. The van der Waals surface area contributed by atoms with Gasteiger partial charge in [0.25, 0.3) is 11.8 Å². The molecule has 1 fully saturated rings. The third kappa shape index (κ3) is 7.65. The predicted molar refractivity (Wildman–Crippen MR) is 124 cm³/mol. The lowest BCUT2D eigenvalue weighted by atomic mass is 9.90. The van der Waals surface area contributed by atoms with Crippen LogP contribution in [-0.4, -0.2) is 58.6 Å². The average molecular weight is 474 g/mol. The van der Waals surface area contributed by atoms with Crippen molar-refractivity contribution in [3.05, 3.63) is 36.5 Å². The fraction of sp³-hybridized carbons (Fsp3) is 0.615. The first-order valence-electron chi connectivity index (χ1n) is 12.3. The number of carbonyl (C=O) groups is 4. The first kappa shape index (κ1) is 25.9. The van der Waals surface area contributed by atoms with Gasteiger partial charge >= 0.3 is 11.9 Å². The van der Waals surface area contributed by atoms with Crippen LogP contribution in [0.1, 0.15) is 64.7 Å². The number of carbonyl (C=O) groups excluding carboxylic acids is 4. The molecule has 0 radical (unpaired) electrons. The quantitative estimate of drug-likeness (QED) is 0.262. The molecule has 0 saturated heterocycles. The van der Waals surface area contributed by atoms with E-state index < -0.39 is 12.1 Å². The lowest BCUT2D eigenvalue weighted by molar-refractivity contribution is -0.149. The molecule has 0 spiro atoms. The number of ether oxygens (including phenoxy) is 2. The normalized spacial score (nSPS) is 29.9. The maximum atomic E-state index is 12.4. The molecule has 2 heterocycles. The van der Waals surface area contributed by atoms with E-state index in [0.29, 0.717) is 38.6 Å². The molecule has 0 aromatic rings. The van der Waals surface area contributed by atoms with E-state index in [9.17, 15) is 24.3 Å². The van der Waals surface area contributed by atoms with Gasteiger partial charge in [-0.05, 0) is 69.8 Å². The number of unbranched alkanes of at least 4 members (excludes halogenated alkanes) is 2. The summed E-state index contributed by atoms with van der Waals surface area (Å²) in [4.78, 5) is 48.6. The maximum Gasteiger partial charge on any atom is 0.330 e. The van der Waals surface area contributed by atoms with Crippen LogP contribution in [0.3, 0.4) is 0 Å². The monoisotopic (exact) mass is 473 g/mol. The first-order chi connectivity index (χ1) is 16.3. The summed E-state index contributed by atoms with van der Waals surface area (Å²) in [6.07, 6.45) is 14.2. The summed E-state index contributed by atoms with van der Waals surface area (Å²) < 4.78 is 11.0. The van der Waals surface area contributed by atoms with Crippen molar-refractivity contribution in [2.24, 2.45) is 11.8 Å². The van der Waals surface area contributed by atoms with Crippen LogP contribution in [0.15, 0.2) is 36.5 Å². The minimum absolute atomic E-state index is 0.0655. The second-order valence-corrected chi connectivity index (χ2v) is 9.34. The largest absolute Gasteiger partial charge is 0.462 e. The molecular weight excluding hydrogens is 438 g/mol. The molecule has 5 unspecified atom stereocenters. The number of hydrogen-bond donors (Lipinski definition) is 1. The Bertz CT molecular complexity index is 828. The number of esters is 2. The van der Waals surface area contributed by atoms with E-state index in [1.54, 1.807) is 0 Å². The van der Waals surface area contributed by atoms with Crippen LogP contribution >= 0.6 is 0 Å². The lowest BCUT2D eigenvalue weighted by Crippen LogP contribution is -2.30. The van der Waals surface area contributed by atoms with Crippen molar-refractivity contribution in [1.29, 1.82) is 0 Å². The minimum atomic E-state index is -0.826. The number of fused-ring (bicyclic) bond motifs is 1. The van der Waals surface area contributed by atoms with Crippen LogP contribution in [0.5, 0.6) is 0 Å². The molecule has 1 saturated carbocycles. The molecule has 0 aromatic heterocycles. The fourth-order valence-electron chi connectivity index (χ4n) is 4.79. The highest BCUT2D eigenvalue weighted by atomic mass is 16.5. The van der Waals surface area contributed by atoms with E-state index in [-0.39, 0.29) is 48.2 Å². The summed E-state index contributed by atoms with van der Waals surface area (Å²) in [5, 5.41) is 10.7. The summed E-state index contributed by atoms with van der Waals surface area (Å²) in [6, 6.07) is 0. The van der Waals surface area contributed by atoms with Gasteiger partial charge in [0.2, 0.25) is 0 Å². The first-order valence-corrected chi connectivity index (χ1v) is 12.3. The Hall–Kier alpha value is -2.74. The van der Waals surface area contributed by atoms with Crippen LogP contribution < -0.4 is 0 Å². The van der Waals surface area contributed by atoms with Crippen LogP contribution in [0, 0.1) is 11.8 Å². The third-order valence-corrected chi connectivity index (χ3v) is 6.63. The summed E-state index contributed by atoms with van der Waals surface area (Å²) in [6.45, 7) is 2.22. The SMILES string of the molecule is CC1CCCC=CC2CC(OC(=O)CCCCCN3C(=O)C=CC3=O)CC2C(O)C=CC(=O)O1. The van der Waals surface area contributed by atoms with Gasteiger partial charge in [-0.1, -0.05) is 18.6 Å². The summed E-state index contributed by atoms with van der Waals surface area (Å²) in [5.41, 5.74) is 0. The molecule has 1 aliphatic carbocycles. The summed E-state index contributed by atoms with van der Waals surface area (Å²) in [7, 11) is 0. The van der Waals surface area contributed by atoms with E-state index >= 15 is 0 Å². The van der Waals surface area contributed by atoms with Gasteiger partial charge in [0.1, 0.15) is 6.10 Å². The number of rotatable bonds is 7. The molecule has 2 amide bonds. The van der Waals surface area contributed by atoms with Crippen molar-refractivity contribution in [2.75, 3.05) is 6.54 Å². The summed E-state index contributed by atoms with van der Waals surface area (Å²) in [5.74, 6) is -1.38. The summed E-state index contributed by atoms with van der Waals surface area (Å²) >= 11 is 0. The van der Waals surface area contributed by atoms with E-state index in [1.165, 1.54) is 29.2 Å². The van der Waals surface area contributed by atoms with Gasteiger partial charge in [0.15, 0.2) is 0 Å². The highest BCUT2D eigenvalue weighted by molar-refractivity contribution is 6.12. The molecule has 0 aromatic carbocycles. The van der Waals surface area contributed by atoms with Crippen molar-refractivity contribution < 1.29 is 33.8 Å². The molecule has 3 aliphatic rings. The van der Waals surface area contributed by atoms with Gasteiger partial charge in [0, 0.05) is 31.2 Å². The van der Waals surface area contributed by atoms with E-state index in [2.05, 4.69) is 12.2 Å². The molecule has 34 heavy (non-hydrogen) atoms. The Morgan fingerprint density at radius 1 is 1.09 bits per heavy atom. The average Bonchev–Trinajstić information content (AvgIpc) is 3.33. The fourth-order valence-corrected chi connectivity index (χ4v) is 4.79. The predicted octanol–water partition coefficient (Wildman–Crippen LogP) is 3.00. The number of allylic oxidation sites excluding steroid dienone is 2. The van der Waals surface area contributed by atoms with E-state index in [4.69, 9.17) is 9.47 Å². The molecular formula is C26H35NO7. The zero-order valence-electron chi connectivity index (χ0n) is 19.8. The Balaban J connectivity index is 1.44. The number of nitrogens with zero attached hydrogens (tertiary/aromatic N) is 1. The van der Waals surface area contributed by atoms with E-state index in [1.807, 2.05) is 6.92 Å². The number of hydrogen-bond acceptors (Lipinski definition) is 7. The molecule has 5 atom stereocenters. The number of aliphatic hydroxyl groups is 1. The molecule has 186 valence electrons. The number of amides is 2. The zero-order chi connectivity index (χ0) is 24.5. The van der Waals surface area contributed by atoms with Crippen molar-refractivity contribution in [3.8, 4) is 0 Å². The highest BCUT2D eigenvalue weighted by Crippen LogP contribution is 2.38. The van der Waals surface area contributed by atoms with Crippen LogP contribution in [-0.2, 0) is 28.7 Å².